The lowest BCUT2D eigenvalue weighted by molar-refractivity contribution is -0.294. The van der Waals surface area contributed by atoms with Crippen LogP contribution in [0, 0.1) is 16.7 Å². The van der Waals surface area contributed by atoms with Gasteiger partial charge in [0.15, 0.2) is 0 Å². The molecule has 3 saturated carbocycles. The maximum Gasteiger partial charge on any atom is 0.0989 e. The van der Waals surface area contributed by atoms with Crippen LogP contribution < -0.4 is 0 Å². The van der Waals surface area contributed by atoms with E-state index in [0.29, 0.717) is 5.92 Å². The first kappa shape index (κ1) is 15.8. The van der Waals surface area contributed by atoms with Crippen molar-refractivity contribution >= 4 is 0 Å². The summed E-state index contributed by atoms with van der Waals surface area (Å²) >= 11 is 0. The number of hydrogen-bond acceptors (Lipinski definition) is 3. The van der Waals surface area contributed by atoms with Gasteiger partial charge in [-0.15, -0.1) is 0 Å². The molecule has 2 N–H and O–H groups in total. The zero-order chi connectivity index (χ0) is 15.4. The number of methoxy groups -OCH3 is 1. The van der Waals surface area contributed by atoms with Gasteiger partial charge in [-0.2, -0.15) is 0 Å². The Morgan fingerprint density at radius 3 is 2.38 bits per heavy atom. The van der Waals surface area contributed by atoms with Gasteiger partial charge in [0.2, 0.25) is 0 Å². The van der Waals surface area contributed by atoms with Crippen molar-refractivity contribution < 1.29 is 14.9 Å². The van der Waals surface area contributed by atoms with Gasteiger partial charge in [0.1, 0.15) is 0 Å². The highest BCUT2D eigenvalue weighted by atomic mass is 16.5. The number of rotatable bonds is 2. The van der Waals surface area contributed by atoms with Gasteiger partial charge >= 0.3 is 0 Å². The molecule has 0 spiro atoms. The molecule has 5 unspecified atom stereocenters. The Labute approximate surface area is 129 Å². The molecule has 5 atom stereocenters. The Hall–Kier alpha value is -0.120. The Morgan fingerprint density at radius 2 is 1.67 bits per heavy atom. The summed E-state index contributed by atoms with van der Waals surface area (Å²) in [7, 11) is 1.78. The van der Waals surface area contributed by atoms with Crippen LogP contribution in [0.5, 0.6) is 0 Å². The van der Waals surface area contributed by atoms with Crippen LogP contribution in [0.4, 0.5) is 0 Å². The first-order valence-corrected chi connectivity index (χ1v) is 8.75. The molecule has 0 aliphatic heterocycles. The van der Waals surface area contributed by atoms with Crippen molar-refractivity contribution in [1.82, 2.24) is 0 Å². The quantitative estimate of drug-likeness (QED) is 0.822. The fourth-order valence-corrected chi connectivity index (χ4v) is 6.41. The van der Waals surface area contributed by atoms with Gasteiger partial charge in [-0.3, -0.25) is 0 Å². The maximum atomic E-state index is 11.6. The number of fused-ring (bicyclic) bond motifs is 3. The molecule has 122 valence electrons. The highest BCUT2D eigenvalue weighted by molar-refractivity contribution is 5.19. The van der Waals surface area contributed by atoms with E-state index in [-0.39, 0.29) is 10.8 Å². The highest BCUT2D eigenvalue weighted by Gasteiger charge is 2.68. The number of ether oxygens (including phenoxy) is 1. The van der Waals surface area contributed by atoms with Gasteiger partial charge in [-0.25, -0.2) is 0 Å². The molecule has 3 aliphatic carbocycles. The van der Waals surface area contributed by atoms with Crippen LogP contribution in [0.25, 0.3) is 0 Å². The van der Waals surface area contributed by atoms with E-state index in [1.54, 1.807) is 7.11 Å². The van der Waals surface area contributed by atoms with E-state index in [2.05, 4.69) is 13.8 Å². The minimum absolute atomic E-state index is 0.135. The Bertz CT molecular complexity index is 407. The Morgan fingerprint density at radius 1 is 0.952 bits per heavy atom. The lowest BCUT2D eigenvalue weighted by atomic mass is 9.41. The van der Waals surface area contributed by atoms with Crippen molar-refractivity contribution in [2.45, 2.75) is 82.8 Å². The molecule has 3 heteroatoms. The van der Waals surface area contributed by atoms with Crippen molar-refractivity contribution in [3.63, 3.8) is 0 Å². The Kier molecular flexibility index (Phi) is 3.71. The highest BCUT2D eigenvalue weighted by Crippen LogP contribution is 2.66. The van der Waals surface area contributed by atoms with Gasteiger partial charge in [0, 0.05) is 12.5 Å². The summed E-state index contributed by atoms with van der Waals surface area (Å²) < 4.78 is 5.53. The molecule has 21 heavy (non-hydrogen) atoms. The molecule has 0 saturated heterocycles. The predicted molar refractivity (Wildman–Crippen MR) is 83.0 cm³/mol. The average Bonchev–Trinajstić information content (AvgIpc) is 2.41. The predicted octanol–water partition coefficient (Wildman–Crippen LogP) is 3.28. The lowest BCUT2D eigenvalue weighted by Crippen LogP contribution is -2.72. The van der Waals surface area contributed by atoms with Crippen molar-refractivity contribution in [3.05, 3.63) is 0 Å². The topological polar surface area (TPSA) is 49.7 Å². The summed E-state index contributed by atoms with van der Waals surface area (Å²) in [6, 6.07) is 0. The molecule has 3 aliphatic rings. The van der Waals surface area contributed by atoms with E-state index >= 15 is 0 Å². The minimum atomic E-state index is -0.906. The molecular formula is C18H32O3. The number of hydrogen-bond donors (Lipinski definition) is 2. The second-order valence-corrected chi connectivity index (χ2v) is 8.55. The molecule has 0 radical (unpaired) electrons. The largest absolute Gasteiger partial charge is 0.387 e. The summed E-state index contributed by atoms with van der Waals surface area (Å²) in [5, 5.41) is 22.8. The first-order valence-electron chi connectivity index (χ1n) is 8.75. The summed E-state index contributed by atoms with van der Waals surface area (Å²) in [5.74, 6) is 0.446. The molecule has 0 bridgehead atoms. The van der Waals surface area contributed by atoms with Gasteiger partial charge < -0.3 is 14.9 Å². The van der Waals surface area contributed by atoms with Crippen LogP contribution in [-0.2, 0) is 4.74 Å². The van der Waals surface area contributed by atoms with Crippen LogP contribution in [0.1, 0.15) is 71.6 Å². The van der Waals surface area contributed by atoms with Crippen LogP contribution in [-0.4, -0.2) is 35.1 Å². The molecule has 3 fully saturated rings. The summed E-state index contributed by atoms with van der Waals surface area (Å²) in [6.07, 6.45) is 8.75. The zero-order valence-electron chi connectivity index (χ0n) is 14.0. The van der Waals surface area contributed by atoms with Gasteiger partial charge in [-0.1, -0.05) is 33.1 Å². The third kappa shape index (κ3) is 1.96. The van der Waals surface area contributed by atoms with Gasteiger partial charge in [0.05, 0.1) is 17.8 Å². The van der Waals surface area contributed by atoms with Gasteiger partial charge in [-0.05, 0) is 49.9 Å². The van der Waals surface area contributed by atoms with Crippen molar-refractivity contribution in [1.29, 1.82) is 0 Å². The lowest BCUT2D eigenvalue weighted by Gasteiger charge is -2.67. The molecule has 3 rings (SSSR count). The van der Waals surface area contributed by atoms with Crippen molar-refractivity contribution in [2.24, 2.45) is 16.7 Å². The van der Waals surface area contributed by atoms with Gasteiger partial charge in [0.25, 0.3) is 0 Å². The van der Waals surface area contributed by atoms with E-state index in [1.807, 2.05) is 0 Å². The second kappa shape index (κ2) is 4.94. The summed E-state index contributed by atoms with van der Waals surface area (Å²) in [6.45, 7) is 5.34. The van der Waals surface area contributed by atoms with E-state index in [9.17, 15) is 10.2 Å². The average molecular weight is 296 g/mol. The number of aliphatic hydroxyl groups is 2. The zero-order valence-corrected chi connectivity index (χ0v) is 14.0. The molecule has 0 amide bonds. The van der Waals surface area contributed by atoms with E-state index in [1.165, 1.54) is 6.42 Å². The van der Waals surface area contributed by atoms with Crippen molar-refractivity contribution in [3.8, 4) is 0 Å². The van der Waals surface area contributed by atoms with Crippen LogP contribution in [0.15, 0.2) is 0 Å². The SMILES string of the molecule is COCC1(C)CCCC2(C)C1CCC1(O)CCCCC12O. The molecular weight excluding hydrogens is 264 g/mol. The first-order chi connectivity index (χ1) is 9.81. The summed E-state index contributed by atoms with van der Waals surface area (Å²) in [5.41, 5.74) is -1.80. The third-order valence-corrected chi connectivity index (χ3v) is 7.47. The molecule has 0 heterocycles. The molecule has 0 aromatic carbocycles. The maximum absolute atomic E-state index is 11.6. The normalized spacial score (nSPS) is 53.9. The third-order valence-electron chi connectivity index (χ3n) is 7.47. The van der Waals surface area contributed by atoms with Crippen molar-refractivity contribution in [2.75, 3.05) is 13.7 Å². The van der Waals surface area contributed by atoms with Crippen LogP contribution in [0.2, 0.25) is 0 Å². The minimum Gasteiger partial charge on any atom is -0.387 e. The fourth-order valence-electron chi connectivity index (χ4n) is 6.41. The molecule has 0 aromatic rings. The van der Waals surface area contributed by atoms with E-state index in [4.69, 9.17) is 4.74 Å². The monoisotopic (exact) mass is 296 g/mol. The van der Waals surface area contributed by atoms with E-state index in [0.717, 1.165) is 58.0 Å². The molecule has 3 nitrogen and oxygen atoms in total. The Balaban J connectivity index is 2.01. The standard InChI is InChI=1S/C18H32O3/c1-15(13-21-3)8-6-9-16(2)14(15)7-12-17(19)10-4-5-11-18(16,17)20/h14,19-20H,4-13H2,1-3H3. The fraction of sp³-hybridized carbons (Fsp3) is 1.00. The van der Waals surface area contributed by atoms with Crippen LogP contribution in [0.3, 0.4) is 0 Å². The summed E-state index contributed by atoms with van der Waals surface area (Å²) in [4.78, 5) is 0. The smallest absolute Gasteiger partial charge is 0.0989 e. The molecule has 0 aromatic heterocycles. The van der Waals surface area contributed by atoms with Crippen LogP contribution >= 0.6 is 0 Å². The second-order valence-electron chi connectivity index (χ2n) is 8.55. The van der Waals surface area contributed by atoms with E-state index < -0.39 is 11.2 Å².